The van der Waals surface area contributed by atoms with Gasteiger partial charge < -0.3 is 10.8 Å². The molecular formula is C14H15FN2O2. The highest BCUT2D eigenvalue weighted by molar-refractivity contribution is 5.93. The first-order valence-electron chi connectivity index (χ1n) is 5.52. The van der Waals surface area contributed by atoms with Crippen molar-refractivity contribution in [3.05, 3.63) is 53.4 Å². The lowest BCUT2D eigenvalue weighted by Gasteiger charge is -2.05. The van der Waals surface area contributed by atoms with Gasteiger partial charge in [-0.1, -0.05) is 18.7 Å². The second-order valence-corrected chi connectivity index (χ2v) is 4.08. The SMILES string of the molecule is C=C(/C=C(\N=C(C)N)c1ccc(C)c(F)c1)C(=O)O. The van der Waals surface area contributed by atoms with Crippen LogP contribution in [0, 0.1) is 12.7 Å². The lowest BCUT2D eigenvalue weighted by Crippen LogP contribution is -2.06. The number of halogens is 1. The predicted molar refractivity (Wildman–Crippen MR) is 73.2 cm³/mol. The van der Waals surface area contributed by atoms with Crippen molar-refractivity contribution < 1.29 is 14.3 Å². The molecule has 0 fully saturated rings. The molecule has 0 radical (unpaired) electrons. The summed E-state index contributed by atoms with van der Waals surface area (Å²) in [5.41, 5.74) is 6.53. The number of nitrogens with zero attached hydrogens (tertiary/aromatic N) is 1. The number of hydrogen-bond donors (Lipinski definition) is 2. The van der Waals surface area contributed by atoms with Gasteiger partial charge in [-0.2, -0.15) is 0 Å². The van der Waals surface area contributed by atoms with E-state index >= 15 is 0 Å². The van der Waals surface area contributed by atoms with Crippen molar-refractivity contribution in [3.63, 3.8) is 0 Å². The van der Waals surface area contributed by atoms with E-state index in [0.29, 0.717) is 11.1 Å². The minimum atomic E-state index is -1.17. The highest BCUT2D eigenvalue weighted by atomic mass is 19.1. The second-order valence-electron chi connectivity index (χ2n) is 4.08. The summed E-state index contributed by atoms with van der Waals surface area (Å²) < 4.78 is 13.5. The Labute approximate surface area is 110 Å². The predicted octanol–water partition coefficient (Wildman–Crippen LogP) is 2.49. The van der Waals surface area contributed by atoms with Crippen molar-refractivity contribution >= 4 is 17.5 Å². The van der Waals surface area contributed by atoms with Gasteiger partial charge in [0.2, 0.25) is 0 Å². The first kappa shape index (κ1) is 14.6. The van der Waals surface area contributed by atoms with Crippen LogP contribution in [0.5, 0.6) is 0 Å². The average molecular weight is 262 g/mol. The molecule has 0 unspecified atom stereocenters. The van der Waals surface area contributed by atoms with Crippen molar-refractivity contribution in [1.29, 1.82) is 0 Å². The standard InChI is InChI=1S/C14H15FN2O2/c1-8-4-5-11(7-12(8)15)13(17-10(3)16)6-9(2)14(18)19/h4-7H,2H2,1,3H3,(H2,16,17)(H,18,19)/b13-6-. The Hall–Kier alpha value is -2.43. The topological polar surface area (TPSA) is 75.7 Å². The maximum atomic E-state index is 13.5. The Kier molecular flexibility index (Phi) is 4.58. The van der Waals surface area contributed by atoms with Crippen molar-refractivity contribution in [3.8, 4) is 0 Å². The van der Waals surface area contributed by atoms with E-state index in [1.807, 2.05) is 0 Å². The van der Waals surface area contributed by atoms with Crippen molar-refractivity contribution in [1.82, 2.24) is 0 Å². The molecule has 0 saturated heterocycles. The summed E-state index contributed by atoms with van der Waals surface area (Å²) in [6.07, 6.45) is 1.25. The lowest BCUT2D eigenvalue weighted by molar-refractivity contribution is -0.132. The zero-order valence-electron chi connectivity index (χ0n) is 10.8. The zero-order valence-corrected chi connectivity index (χ0v) is 10.8. The fraction of sp³-hybridized carbons (Fsp3) is 0.143. The molecule has 0 aliphatic carbocycles. The largest absolute Gasteiger partial charge is 0.478 e. The number of rotatable bonds is 4. The van der Waals surface area contributed by atoms with Gasteiger partial charge >= 0.3 is 5.97 Å². The Bertz CT molecular complexity index is 585. The monoisotopic (exact) mass is 262 g/mol. The van der Waals surface area contributed by atoms with E-state index in [-0.39, 0.29) is 17.1 Å². The number of nitrogens with two attached hydrogens (primary N) is 1. The Morgan fingerprint density at radius 2 is 2.16 bits per heavy atom. The molecule has 1 aromatic rings. The number of aliphatic carboxylic acids is 1. The van der Waals surface area contributed by atoms with Gasteiger partial charge in [-0.05, 0) is 31.6 Å². The first-order valence-corrected chi connectivity index (χ1v) is 5.52. The van der Waals surface area contributed by atoms with Gasteiger partial charge in [-0.15, -0.1) is 0 Å². The normalized spacial score (nSPS) is 12.4. The van der Waals surface area contributed by atoms with Crippen LogP contribution in [0.15, 0.2) is 41.4 Å². The molecule has 0 bridgehead atoms. The highest BCUT2D eigenvalue weighted by Gasteiger charge is 2.08. The van der Waals surface area contributed by atoms with Crippen molar-refractivity contribution in [2.24, 2.45) is 10.7 Å². The molecule has 4 nitrogen and oxygen atoms in total. The number of carboxylic acids is 1. The molecule has 0 amide bonds. The fourth-order valence-corrected chi connectivity index (χ4v) is 1.35. The van der Waals surface area contributed by atoms with Crippen LogP contribution >= 0.6 is 0 Å². The summed E-state index contributed by atoms with van der Waals surface area (Å²) in [4.78, 5) is 14.8. The molecule has 0 aromatic heterocycles. The summed E-state index contributed by atoms with van der Waals surface area (Å²) in [7, 11) is 0. The Morgan fingerprint density at radius 3 is 2.63 bits per heavy atom. The quantitative estimate of drug-likeness (QED) is 0.379. The number of amidine groups is 1. The van der Waals surface area contributed by atoms with Crippen molar-refractivity contribution in [2.45, 2.75) is 13.8 Å². The second kappa shape index (κ2) is 5.95. The first-order chi connectivity index (χ1) is 8.81. The van der Waals surface area contributed by atoms with E-state index in [4.69, 9.17) is 10.8 Å². The van der Waals surface area contributed by atoms with Crippen LogP contribution in [0.4, 0.5) is 4.39 Å². The van der Waals surface area contributed by atoms with Crippen LogP contribution in [0.1, 0.15) is 18.1 Å². The van der Waals surface area contributed by atoms with Gasteiger partial charge in [-0.3, -0.25) is 0 Å². The Morgan fingerprint density at radius 1 is 1.53 bits per heavy atom. The molecule has 100 valence electrons. The number of benzene rings is 1. The van der Waals surface area contributed by atoms with Crippen LogP contribution in [0.3, 0.4) is 0 Å². The van der Waals surface area contributed by atoms with E-state index in [2.05, 4.69) is 11.6 Å². The molecular weight excluding hydrogens is 247 g/mol. The molecule has 0 atom stereocenters. The molecule has 1 aromatic carbocycles. The summed E-state index contributed by atoms with van der Waals surface area (Å²) in [6, 6.07) is 4.51. The van der Waals surface area contributed by atoms with Crippen LogP contribution in [-0.2, 0) is 4.79 Å². The minimum Gasteiger partial charge on any atom is -0.478 e. The van der Waals surface area contributed by atoms with E-state index in [9.17, 15) is 9.18 Å². The number of carboxylic acid groups (broad SMARTS) is 1. The number of carbonyl (C=O) groups is 1. The van der Waals surface area contributed by atoms with Gasteiger partial charge in [0.05, 0.1) is 17.1 Å². The molecule has 0 aliphatic rings. The molecule has 0 heterocycles. The summed E-state index contributed by atoms with van der Waals surface area (Å²) in [5.74, 6) is -1.32. The van der Waals surface area contributed by atoms with Crippen molar-refractivity contribution in [2.75, 3.05) is 0 Å². The van der Waals surface area contributed by atoms with E-state index in [1.165, 1.54) is 12.1 Å². The third kappa shape index (κ3) is 4.06. The molecule has 0 saturated carbocycles. The zero-order chi connectivity index (χ0) is 14.6. The van der Waals surface area contributed by atoms with Crippen LogP contribution in [0.25, 0.3) is 5.70 Å². The summed E-state index contributed by atoms with van der Waals surface area (Å²) >= 11 is 0. The highest BCUT2D eigenvalue weighted by Crippen LogP contribution is 2.20. The van der Waals surface area contributed by atoms with Crippen LogP contribution in [0.2, 0.25) is 0 Å². The molecule has 3 N–H and O–H groups in total. The van der Waals surface area contributed by atoms with Gasteiger partial charge in [0.25, 0.3) is 0 Å². The maximum Gasteiger partial charge on any atom is 0.335 e. The molecule has 19 heavy (non-hydrogen) atoms. The third-order valence-electron chi connectivity index (χ3n) is 2.35. The van der Waals surface area contributed by atoms with E-state index in [1.54, 1.807) is 26.0 Å². The number of hydrogen-bond acceptors (Lipinski definition) is 2. The lowest BCUT2D eigenvalue weighted by atomic mass is 10.1. The average Bonchev–Trinajstić information content (AvgIpc) is 2.31. The number of aliphatic imine (C=N–C) groups is 1. The Balaban J connectivity index is 3.32. The van der Waals surface area contributed by atoms with Crippen LogP contribution in [-0.4, -0.2) is 16.9 Å². The smallest absolute Gasteiger partial charge is 0.335 e. The fourth-order valence-electron chi connectivity index (χ4n) is 1.35. The minimum absolute atomic E-state index is 0.152. The summed E-state index contributed by atoms with van der Waals surface area (Å²) in [6.45, 7) is 6.58. The molecule has 5 heteroatoms. The third-order valence-corrected chi connectivity index (χ3v) is 2.35. The molecule has 1 rings (SSSR count). The van der Waals surface area contributed by atoms with E-state index < -0.39 is 11.8 Å². The maximum absolute atomic E-state index is 13.5. The molecule has 0 spiro atoms. The van der Waals surface area contributed by atoms with Gasteiger partial charge in [0.15, 0.2) is 0 Å². The summed E-state index contributed by atoms with van der Waals surface area (Å²) in [5, 5.41) is 8.81. The number of aryl methyl sites for hydroxylation is 1. The molecule has 0 aliphatic heterocycles. The van der Waals surface area contributed by atoms with Crippen LogP contribution < -0.4 is 5.73 Å². The van der Waals surface area contributed by atoms with Gasteiger partial charge in [0, 0.05) is 5.56 Å². The van der Waals surface area contributed by atoms with Gasteiger partial charge in [-0.25, -0.2) is 14.2 Å². The van der Waals surface area contributed by atoms with E-state index in [0.717, 1.165) is 0 Å². The van der Waals surface area contributed by atoms with Gasteiger partial charge in [0.1, 0.15) is 5.82 Å².